The summed E-state index contributed by atoms with van der Waals surface area (Å²) >= 11 is 0. The van der Waals surface area contributed by atoms with Gasteiger partial charge in [0.25, 0.3) is 11.8 Å². The Balaban J connectivity index is 1.62. The predicted octanol–water partition coefficient (Wildman–Crippen LogP) is 3.59. The zero-order valence-corrected chi connectivity index (χ0v) is 14.1. The zero-order chi connectivity index (χ0) is 18.1. The molecule has 2 amide bonds. The molecule has 0 atom stereocenters. The number of amides is 2. The number of hydrogen-bond acceptors (Lipinski definition) is 4. The number of carbonyl (C=O) groups is 2. The van der Waals surface area contributed by atoms with Crippen LogP contribution < -0.4 is 15.0 Å². The third kappa shape index (κ3) is 2.82. The number of anilines is 1. The van der Waals surface area contributed by atoms with Crippen LogP contribution in [0.2, 0.25) is 0 Å². The molecule has 0 saturated heterocycles. The summed E-state index contributed by atoms with van der Waals surface area (Å²) in [6, 6.07) is 15.6. The summed E-state index contributed by atoms with van der Waals surface area (Å²) in [7, 11) is 1.66. The monoisotopic (exact) mass is 348 g/mol. The lowest BCUT2D eigenvalue weighted by Gasteiger charge is -2.17. The van der Waals surface area contributed by atoms with E-state index >= 15 is 0 Å². The molecular weight excluding hydrogens is 332 g/mol. The predicted molar refractivity (Wildman–Crippen MR) is 95.6 cm³/mol. The molecule has 6 nitrogen and oxygen atoms in total. The normalized spacial score (nSPS) is 12.7. The summed E-state index contributed by atoms with van der Waals surface area (Å²) in [5.41, 5.74) is 1.45. The van der Waals surface area contributed by atoms with Crippen LogP contribution in [0.4, 0.5) is 5.69 Å². The van der Waals surface area contributed by atoms with Gasteiger partial charge in [-0.1, -0.05) is 12.1 Å². The average molecular weight is 348 g/mol. The van der Waals surface area contributed by atoms with E-state index in [0.717, 1.165) is 0 Å². The number of nitrogens with one attached hydrogen (secondary N) is 1. The first-order chi connectivity index (χ1) is 12.6. The Morgan fingerprint density at radius 3 is 2.73 bits per heavy atom. The highest BCUT2D eigenvalue weighted by molar-refractivity contribution is 6.10. The van der Waals surface area contributed by atoms with Gasteiger partial charge in [-0.05, 0) is 42.5 Å². The summed E-state index contributed by atoms with van der Waals surface area (Å²) in [4.78, 5) is 26.6. The molecule has 0 fully saturated rings. The number of rotatable bonds is 3. The van der Waals surface area contributed by atoms with E-state index in [1.807, 2.05) is 6.07 Å². The van der Waals surface area contributed by atoms with Crippen molar-refractivity contribution in [2.45, 2.75) is 6.54 Å². The number of hydrogen-bond donors (Lipinski definition) is 1. The van der Waals surface area contributed by atoms with Crippen LogP contribution in [0.3, 0.4) is 0 Å². The molecule has 3 aromatic rings. The van der Waals surface area contributed by atoms with E-state index in [9.17, 15) is 9.59 Å². The molecule has 1 aliphatic rings. The van der Waals surface area contributed by atoms with Gasteiger partial charge in [0.15, 0.2) is 5.75 Å². The Morgan fingerprint density at radius 1 is 1.08 bits per heavy atom. The van der Waals surface area contributed by atoms with E-state index in [0.29, 0.717) is 40.6 Å². The minimum atomic E-state index is -0.258. The van der Waals surface area contributed by atoms with Crippen LogP contribution in [0.1, 0.15) is 26.5 Å². The first kappa shape index (κ1) is 16.0. The standard InChI is InChI=1S/C20H16N2O4/c1-22-16-11-13(19(23)21-12-14-5-4-10-25-14)8-9-18(16)26-17-7-3-2-6-15(17)20(22)24/h2-11H,12H2,1H3,(H,21,23). The molecule has 1 N–H and O–H groups in total. The van der Waals surface area contributed by atoms with E-state index < -0.39 is 0 Å². The van der Waals surface area contributed by atoms with Crippen LogP contribution in [-0.4, -0.2) is 18.9 Å². The Bertz CT molecular complexity index is 979. The summed E-state index contributed by atoms with van der Waals surface area (Å²) in [5, 5.41) is 2.79. The minimum Gasteiger partial charge on any atom is -0.467 e. The van der Waals surface area contributed by atoms with Crippen molar-refractivity contribution < 1.29 is 18.7 Å². The molecule has 0 spiro atoms. The lowest BCUT2D eigenvalue weighted by atomic mass is 10.1. The maximum atomic E-state index is 12.7. The van der Waals surface area contributed by atoms with Gasteiger partial charge in [0, 0.05) is 12.6 Å². The van der Waals surface area contributed by atoms with Crippen LogP contribution in [0.25, 0.3) is 0 Å². The van der Waals surface area contributed by atoms with Gasteiger partial charge in [0.1, 0.15) is 11.5 Å². The molecule has 6 heteroatoms. The second-order valence-electron chi connectivity index (χ2n) is 5.91. The average Bonchev–Trinajstić information content (AvgIpc) is 3.16. The Labute approximate surface area is 150 Å². The summed E-state index contributed by atoms with van der Waals surface area (Å²) in [5.74, 6) is 1.24. The van der Waals surface area contributed by atoms with Crippen molar-refractivity contribution in [1.82, 2.24) is 5.32 Å². The van der Waals surface area contributed by atoms with Crippen molar-refractivity contribution in [3.63, 3.8) is 0 Å². The van der Waals surface area contributed by atoms with Gasteiger partial charge < -0.3 is 19.4 Å². The maximum absolute atomic E-state index is 12.7. The number of ether oxygens (including phenoxy) is 1. The van der Waals surface area contributed by atoms with Crippen molar-refractivity contribution >= 4 is 17.5 Å². The fraction of sp³-hybridized carbons (Fsp3) is 0.100. The van der Waals surface area contributed by atoms with Crippen LogP contribution in [-0.2, 0) is 6.54 Å². The number of furan rings is 1. The van der Waals surface area contributed by atoms with E-state index in [4.69, 9.17) is 9.15 Å². The number of carbonyl (C=O) groups excluding carboxylic acids is 2. The number of fused-ring (bicyclic) bond motifs is 2. The van der Waals surface area contributed by atoms with Crippen LogP contribution in [0.15, 0.2) is 65.3 Å². The van der Waals surface area contributed by atoms with Gasteiger partial charge in [-0.15, -0.1) is 0 Å². The van der Waals surface area contributed by atoms with Crippen molar-refractivity contribution in [2.75, 3.05) is 11.9 Å². The van der Waals surface area contributed by atoms with E-state index in [2.05, 4.69) is 5.32 Å². The van der Waals surface area contributed by atoms with Gasteiger partial charge in [0.05, 0.1) is 24.1 Å². The number of nitrogens with zero attached hydrogens (tertiary/aromatic N) is 1. The molecule has 0 saturated carbocycles. The number of para-hydroxylation sites is 1. The van der Waals surface area contributed by atoms with Gasteiger partial charge in [-0.3, -0.25) is 9.59 Å². The van der Waals surface area contributed by atoms with Crippen molar-refractivity contribution in [2.24, 2.45) is 0 Å². The van der Waals surface area contributed by atoms with Crippen molar-refractivity contribution in [3.8, 4) is 11.5 Å². The molecule has 1 aliphatic heterocycles. The molecule has 0 unspecified atom stereocenters. The van der Waals surface area contributed by atoms with Crippen LogP contribution >= 0.6 is 0 Å². The minimum absolute atomic E-state index is 0.188. The van der Waals surface area contributed by atoms with Crippen molar-refractivity contribution in [1.29, 1.82) is 0 Å². The smallest absolute Gasteiger partial charge is 0.261 e. The first-order valence-corrected chi connectivity index (χ1v) is 8.13. The highest BCUT2D eigenvalue weighted by Crippen LogP contribution is 2.38. The lowest BCUT2D eigenvalue weighted by Crippen LogP contribution is -2.26. The largest absolute Gasteiger partial charge is 0.467 e. The van der Waals surface area contributed by atoms with E-state index in [1.165, 1.54) is 4.90 Å². The molecule has 4 rings (SSSR count). The molecule has 26 heavy (non-hydrogen) atoms. The van der Waals surface area contributed by atoms with Gasteiger partial charge >= 0.3 is 0 Å². The fourth-order valence-corrected chi connectivity index (χ4v) is 2.83. The van der Waals surface area contributed by atoms with E-state index in [-0.39, 0.29) is 11.8 Å². The third-order valence-electron chi connectivity index (χ3n) is 4.23. The molecular formula is C20H16N2O4. The van der Waals surface area contributed by atoms with Gasteiger partial charge in [0.2, 0.25) is 0 Å². The number of benzene rings is 2. The molecule has 130 valence electrons. The SMILES string of the molecule is CN1C(=O)c2ccccc2Oc2ccc(C(=O)NCc3ccco3)cc21. The molecule has 2 heterocycles. The van der Waals surface area contributed by atoms with Crippen LogP contribution in [0.5, 0.6) is 11.5 Å². The lowest BCUT2D eigenvalue weighted by molar-refractivity contribution is 0.0945. The van der Waals surface area contributed by atoms with Crippen molar-refractivity contribution in [3.05, 3.63) is 77.7 Å². The Hall–Kier alpha value is -3.54. The third-order valence-corrected chi connectivity index (χ3v) is 4.23. The highest BCUT2D eigenvalue weighted by atomic mass is 16.5. The fourth-order valence-electron chi connectivity index (χ4n) is 2.83. The van der Waals surface area contributed by atoms with Crippen LogP contribution in [0, 0.1) is 0 Å². The van der Waals surface area contributed by atoms with Gasteiger partial charge in [-0.25, -0.2) is 0 Å². The highest BCUT2D eigenvalue weighted by Gasteiger charge is 2.26. The molecule has 1 aromatic heterocycles. The summed E-state index contributed by atoms with van der Waals surface area (Å²) in [6.07, 6.45) is 1.56. The summed E-state index contributed by atoms with van der Waals surface area (Å²) < 4.78 is 11.1. The second-order valence-corrected chi connectivity index (χ2v) is 5.91. The molecule has 0 radical (unpaired) electrons. The zero-order valence-electron chi connectivity index (χ0n) is 14.1. The molecule has 0 bridgehead atoms. The van der Waals surface area contributed by atoms with Gasteiger partial charge in [-0.2, -0.15) is 0 Å². The first-order valence-electron chi connectivity index (χ1n) is 8.13. The summed E-state index contributed by atoms with van der Waals surface area (Å²) in [6.45, 7) is 0.291. The Morgan fingerprint density at radius 2 is 1.92 bits per heavy atom. The molecule has 2 aromatic carbocycles. The maximum Gasteiger partial charge on any atom is 0.261 e. The second kappa shape index (κ2) is 6.40. The molecule has 0 aliphatic carbocycles. The quantitative estimate of drug-likeness (QED) is 0.785. The Kier molecular flexibility index (Phi) is 3.93. The topological polar surface area (TPSA) is 71.8 Å². The van der Waals surface area contributed by atoms with E-state index in [1.54, 1.807) is 61.8 Å².